The Bertz CT molecular complexity index is 243. The topological polar surface area (TPSA) is 49.6 Å². The molecule has 0 aliphatic carbocycles. The molecule has 1 rings (SSSR count). The van der Waals surface area contributed by atoms with Gasteiger partial charge in [-0.25, -0.2) is 0 Å². The molecule has 0 saturated carbocycles. The third-order valence-corrected chi connectivity index (χ3v) is 3.77. The Labute approximate surface area is 105 Å². The number of hydrogen-bond acceptors (Lipinski definition) is 3. The fraction of sp³-hybridized carbons (Fsp3) is 0.923. The minimum Gasteiger partial charge on any atom is -0.349 e. The summed E-state index contributed by atoms with van der Waals surface area (Å²) in [6.45, 7) is 4.02. The van der Waals surface area contributed by atoms with Crippen molar-refractivity contribution in [3.63, 3.8) is 0 Å². The maximum atomic E-state index is 11.5. The fourth-order valence-corrected chi connectivity index (χ4v) is 2.63. The van der Waals surface area contributed by atoms with Gasteiger partial charge in [0.05, 0.1) is 0 Å². The molecule has 1 heterocycles. The van der Waals surface area contributed by atoms with Gasteiger partial charge in [0.1, 0.15) is 0 Å². The summed E-state index contributed by atoms with van der Waals surface area (Å²) in [5.41, 5.74) is 5.82. The van der Waals surface area contributed by atoms with Crippen LogP contribution in [0.15, 0.2) is 0 Å². The molecule has 2 N–H and O–H groups in total. The van der Waals surface area contributed by atoms with Gasteiger partial charge in [0.15, 0.2) is 0 Å². The molecule has 0 aromatic rings. The van der Waals surface area contributed by atoms with E-state index in [1.165, 1.54) is 19.3 Å². The zero-order chi connectivity index (χ0) is 12.8. The van der Waals surface area contributed by atoms with Crippen molar-refractivity contribution < 1.29 is 4.79 Å². The van der Waals surface area contributed by atoms with Crippen molar-refractivity contribution in [2.45, 2.75) is 51.1 Å². The highest BCUT2D eigenvalue weighted by molar-refractivity contribution is 5.75. The molecular weight excluding hydrogens is 214 g/mol. The minimum atomic E-state index is 0.221. The van der Waals surface area contributed by atoms with Crippen molar-refractivity contribution in [3.8, 4) is 0 Å². The number of carbonyl (C=O) groups is 1. The van der Waals surface area contributed by atoms with Crippen LogP contribution in [0, 0.1) is 0 Å². The summed E-state index contributed by atoms with van der Waals surface area (Å²) in [5.74, 6) is 0.221. The summed E-state index contributed by atoms with van der Waals surface area (Å²) in [6.07, 6.45) is 5.35. The first-order chi connectivity index (χ1) is 8.06. The quantitative estimate of drug-likeness (QED) is 0.783. The van der Waals surface area contributed by atoms with Crippen LogP contribution in [-0.2, 0) is 4.79 Å². The van der Waals surface area contributed by atoms with Crippen molar-refractivity contribution in [3.05, 3.63) is 0 Å². The molecule has 4 heteroatoms. The molecule has 1 fully saturated rings. The van der Waals surface area contributed by atoms with Gasteiger partial charge >= 0.3 is 0 Å². The number of carbonyl (C=O) groups excluding carboxylic acids is 1. The molecule has 2 atom stereocenters. The number of amides is 1. The van der Waals surface area contributed by atoms with Crippen molar-refractivity contribution in [1.82, 2.24) is 9.80 Å². The van der Waals surface area contributed by atoms with E-state index >= 15 is 0 Å². The highest BCUT2D eigenvalue weighted by atomic mass is 16.2. The summed E-state index contributed by atoms with van der Waals surface area (Å²) in [4.78, 5) is 15.7. The number of hydrogen-bond donors (Lipinski definition) is 1. The van der Waals surface area contributed by atoms with E-state index in [4.69, 9.17) is 5.73 Å². The maximum absolute atomic E-state index is 11.5. The molecule has 100 valence electrons. The molecule has 1 amide bonds. The lowest BCUT2D eigenvalue weighted by Gasteiger charge is -2.40. The van der Waals surface area contributed by atoms with Crippen molar-refractivity contribution in [2.75, 3.05) is 27.2 Å². The Balaban J connectivity index is 2.35. The third-order valence-electron chi connectivity index (χ3n) is 3.77. The number of rotatable bonds is 5. The Morgan fingerprint density at radius 2 is 2.12 bits per heavy atom. The molecule has 17 heavy (non-hydrogen) atoms. The van der Waals surface area contributed by atoms with E-state index in [-0.39, 0.29) is 5.91 Å². The van der Waals surface area contributed by atoms with E-state index in [9.17, 15) is 4.79 Å². The summed E-state index contributed by atoms with van der Waals surface area (Å²) in [5, 5.41) is 0. The second-order valence-electron chi connectivity index (χ2n) is 5.30. The molecule has 0 bridgehead atoms. The van der Waals surface area contributed by atoms with Crippen LogP contribution in [-0.4, -0.2) is 55.0 Å². The maximum Gasteiger partial charge on any atom is 0.222 e. The molecule has 0 aromatic carbocycles. The fourth-order valence-electron chi connectivity index (χ4n) is 2.63. The molecule has 4 nitrogen and oxygen atoms in total. The van der Waals surface area contributed by atoms with E-state index in [0.29, 0.717) is 18.5 Å². The smallest absolute Gasteiger partial charge is 0.222 e. The SMILES string of the molecule is CC1CCCC(CN)N1CCCC(=O)N(C)C. The molecule has 1 aliphatic heterocycles. The van der Waals surface area contributed by atoms with Crippen molar-refractivity contribution in [1.29, 1.82) is 0 Å². The van der Waals surface area contributed by atoms with E-state index in [1.807, 2.05) is 14.1 Å². The summed E-state index contributed by atoms with van der Waals surface area (Å²) < 4.78 is 0. The Kier molecular flexibility index (Phi) is 5.92. The molecule has 2 unspecified atom stereocenters. The van der Waals surface area contributed by atoms with E-state index < -0.39 is 0 Å². The van der Waals surface area contributed by atoms with Gasteiger partial charge in [-0.05, 0) is 32.7 Å². The van der Waals surface area contributed by atoms with Gasteiger partial charge in [-0.15, -0.1) is 0 Å². The predicted octanol–water partition coefficient (Wildman–Crippen LogP) is 1.06. The average Bonchev–Trinajstić information content (AvgIpc) is 2.30. The summed E-state index contributed by atoms with van der Waals surface area (Å²) >= 11 is 0. The van der Waals surface area contributed by atoms with Crippen LogP contribution in [0.5, 0.6) is 0 Å². The van der Waals surface area contributed by atoms with Gasteiger partial charge in [-0.1, -0.05) is 6.42 Å². The van der Waals surface area contributed by atoms with E-state index in [2.05, 4.69) is 11.8 Å². The first-order valence-electron chi connectivity index (χ1n) is 6.72. The predicted molar refractivity (Wildman–Crippen MR) is 70.8 cm³/mol. The molecule has 1 aliphatic rings. The highest BCUT2D eigenvalue weighted by Crippen LogP contribution is 2.22. The Morgan fingerprint density at radius 1 is 1.41 bits per heavy atom. The van der Waals surface area contributed by atoms with Crippen LogP contribution >= 0.6 is 0 Å². The zero-order valence-corrected chi connectivity index (χ0v) is 11.5. The van der Waals surface area contributed by atoms with Crippen LogP contribution in [0.25, 0.3) is 0 Å². The largest absolute Gasteiger partial charge is 0.349 e. The molecule has 0 radical (unpaired) electrons. The molecule has 0 spiro atoms. The summed E-state index contributed by atoms with van der Waals surface area (Å²) in [7, 11) is 3.63. The lowest BCUT2D eigenvalue weighted by Crippen LogP contribution is -2.49. The second kappa shape index (κ2) is 6.97. The Hall–Kier alpha value is -0.610. The highest BCUT2D eigenvalue weighted by Gasteiger charge is 2.26. The summed E-state index contributed by atoms with van der Waals surface area (Å²) in [6, 6.07) is 1.14. The average molecular weight is 241 g/mol. The lowest BCUT2D eigenvalue weighted by molar-refractivity contribution is -0.128. The van der Waals surface area contributed by atoms with Crippen LogP contribution in [0.1, 0.15) is 39.0 Å². The van der Waals surface area contributed by atoms with Crippen LogP contribution in [0.3, 0.4) is 0 Å². The van der Waals surface area contributed by atoms with Crippen LogP contribution in [0.2, 0.25) is 0 Å². The number of nitrogens with zero attached hydrogens (tertiary/aromatic N) is 2. The van der Waals surface area contributed by atoms with Gasteiger partial charge in [-0.2, -0.15) is 0 Å². The lowest BCUT2D eigenvalue weighted by atomic mass is 9.96. The first kappa shape index (κ1) is 14.5. The Morgan fingerprint density at radius 3 is 2.71 bits per heavy atom. The normalized spacial score (nSPS) is 25.9. The van der Waals surface area contributed by atoms with Gasteiger partial charge in [-0.3, -0.25) is 9.69 Å². The number of piperidine rings is 1. The molecule has 0 aromatic heterocycles. The molecule has 1 saturated heterocycles. The van der Waals surface area contributed by atoms with Crippen LogP contribution < -0.4 is 5.73 Å². The van der Waals surface area contributed by atoms with Crippen LogP contribution in [0.4, 0.5) is 0 Å². The van der Waals surface area contributed by atoms with Crippen molar-refractivity contribution >= 4 is 5.91 Å². The first-order valence-corrected chi connectivity index (χ1v) is 6.72. The molecular formula is C13H27N3O. The minimum absolute atomic E-state index is 0.221. The van der Waals surface area contributed by atoms with E-state index in [1.54, 1.807) is 4.90 Å². The van der Waals surface area contributed by atoms with E-state index in [0.717, 1.165) is 19.5 Å². The van der Waals surface area contributed by atoms with Gasteiger partial charge in [0.25, 0.3) is 0 Å². The van der Waals surface area contributed by atoms with Crippen molar-refractivity contribution in [2.24, 2.45) is 5.73 Å². The number of likely N-dealkylation sites (tertiary alicyclic amines) is 1. The second-order valence-corrected chi connectivity index (χ2v) is 5.30. The monoisotopic (exact) mass is 241 g/mol. The third kappa shape index (κ3) is 4.28. The van der Waals surface area contributed by atoms with Gasteiger partial charge in [0, 0.05) is 39.1 Å². The zero-order valence-electron chi connectivity index (χ0n) is 11.5. The van der Waals surface area contributed by atoms with Gasteiger partial charge < -0.3 is 10.6 Å². The standard InChI is InChI=1S/C13H27N3O/c1-11-6-4-7-12(10-14)16(11)9-5-8-13(17)15(2)3/h11-12H,4-10,14H2,1-3H3. The number of nitrogens with two attached hydrogens (primary N) is 1. The van der Waals surface area contributed by atoms with Gasteiger partial charge in [0.2, 0.25) is 5.91 Å².